The van der Waals surface area contributed by atoms with Gasteiger partial charge in [-0.05, 0) is 49.9 Å². The Balaban J connectivity index is 1.51. The maximum absolute atomic E-state index is 5.66. The van der Waals surface area contributed by atoms with Gasteiger partial charge in [0.2, 0.25) is 0 Å². The second kappa shape index (κ2) is 7.41. The van der Waals surface area contributed by atoms with Crippen molar-refractivity contribution in [2.45, 2.75) is 44.8 Å². The van der Waals surface area contributed by atoms with Crippen molar-refractivity contribution in [2.24, 2.45) is 0 Å². The van der Waals surface area contributed by atoms with Crippen LogP contribution in [0.3, 0.4) is 0 Å². The van der Waals surface area contributed by atoms with Crippen molar-refractivity contribution < 1.29 is 4.74 Å². The van der Waals surface area contributed by atoms with Crippen molar-refractivity contribution in [2.75, 3.05) is 13.2 Å². The molecule has 1 aliphatic rings. The summed E-state index contributed by atoms with van der Waals surface area (Å²) in [6, 6.07) is 4.74. The molecule has 1 fully saturated rings. The summed E-state index contributed by atoms with van der Waals surface area (Å²) in [7, 11) is 0. The SMILES string of the molecule is c1cc(COCCC[C@H]2CCCCN2)ccn1. The van der Waals surface area contributed by atoms with E-state index in [0.717, 1.165) is 19.1 Å². The first-order chi connectivity index (χ1) is 8.45. The van der Waals surface area contributed by atoms with E-state index in [9.17, 15) is 0 Å². The fourth-order valence-corrected chi connectivity index (χ4v) is 2.27. The van der Waals surface area contributed by atoms with Crippen molar-refractivity contribution in [1.29, 1.82) is 0 Å². The number of hydrogen-bond donors (Lipinski definition) is 1. The van der Waals surface area contributed by atoms with Crippen molar-refractivity contribution >= 4 is 0 Å². The molecule has 3 nitrogen and oxygen atoms in total. The number of aromatic nitrogens is 1. The molecule has 0 radical (unpaired) electrons. The van der Waals surface area contributed by atoms with Gasteiger partial charge < -0.3 is 10.1 Å². The Kier molecular flexibility index (Phi) is 5.46. The molecule has 0 spiro atoms. The molecule has 1 atom stereocenters. The zero-order valence-corrected chi connectivity index (χ0v) is 10.4. The van der Waals surface area contributed by atoms with Gasteiger partial charge in [0.05, 0.1) is 6.61 Å². The van der Waals surface area contributed by atoms with E-state index in [4.69, 9.17) is 4.74 Å². The van der Waals surface area contributed by atoms with E-state index in [-0.39, 0.29) is 0 Å². The van der Waals surface area contributed by atoms with E-state index < -0.39 is 0 Å². The summed E-state index contributed by atoms with van der Waals surface area (Å²) in [6.07, 6.45) is 10.1. The molecule has 94 valence electrons. The topological polar surface area (TPSA) is 34.1 Å². The number of hydrogen-bond acceptors (Lipinski definition) is 3. The third-order valence-corrected chi connectivity index (χ3v) is 3.27. The number of rotatable bonds is 6. The van der Waals surface area contributed by atoms with Gasteiger partial charge in [0.15, 0.2) is 0 Å². The molecule has 0 saturated carbocycles. The Labute approximate surface area is 104 Å². The molecule has 2 heterocycles. The van der Waals surface area contributed by atoms with Crippen molar-refractivity contribution in [1.82, 2.24) is 10.3 Å². The standard InChI is InChI=1S/C14H22N2O/c1-2-8-16-14(4-1)5-3-11-17-12-13-6-9-15-10-7-13/h6-7,9-10,14,16H,1-5,8,11-12H2/t14-/m1/s1. The van der Waals surface area contributed by atoms with Crippen molar-refractivity contribution in [3.8, 4) is 0 Å². The Morgan fingerprint density at radius 2 is 2.18 bits per heavy atom. The van der Waals surface area contributed by atoms with E-state index >= 15 is 0 Å². The smallest absolute Gasteiger partial charge is 0.0717 e. The summed E-state index contributed by atoms with van der Waals surface area (Å²) in [5, 5.41) is 3.56. The fraction of sp³-hybridized carbons (Fsp3) is 0.643. The normalized spacial score (nSPS) is 20.4. The number of nitrogens with zero attached hydrogens (tertiary/aromatic N) is 1. The predicted octanol–water partition coefficient (Wildman–Crippen LogP) is 2.52. The quantitative estimate of drug-likeness (QED) is 0.768. The molecule has 0 aliphatic carbocycles. The first-order valence-corrected chi connectivity index (χ1v) is 6.65. The average molecular weight is 234 g/mol. The van der Waals surface area contributed by atoms with Crippen LogP contribution in [0, 0.1) is 0 Å². The van der Waals surface area contributed by atoms with Crippen LogP contribution < -0.4 is 5.32 Å². The van der Waals surface area contributed by atoms with E-state index in [1.165, 1.54) is 37.8 Å². The van der Waals surface area contributed by atoms with Crippen LogP contribution in [0.2, 0.25) is 0 Å². The lowest BCUT2D eigenvalue weighted by Gasteiger charge is -2.23. The molecule has 3 heteroatoms. The minimum atomic E-state index is 0.709. The summed E-state index contributed by atoms with van der Waals surface area (Å²) < 4.78 is 5.66. The van der Waals surface area contributed by atoms with Crippen LogP contribution in [0.15, 0.2) is 24.5 Å². The van der Waals surface area contributed by atoms with Gasteiger partial charge in [-0.15, -0.1) is 0 Å². The molecule has 1 saturated heterocycles. The van der Waals surface area contributed by atoms with Crippen LogP contribution >= 0.6 is 0 Å². The summed E-state index contributed by atoms with van der Waals surface area (Å²) in [4.78, 5) is 3.99. The van der Waals surface area contributed by atoms with Gasteiger partial charge in [0.25, 0.3) is 0 Å². The molecular formula is C14H22N2O. The van der Waals surface area contributed by atoms with Gasteiger partial charge in [-0.3, -0.25) is 4.98 Å². The monoisotopic (exact) mass is 234 g/mol. The average Bonchev–Trinajstić information content (AvgIpc) is 2.41. The lowest BCUT2D eigenvalue weighted by Crippen LogP contribution is -2.33. The first-order valence-electron chi connectivity index (χ1n) is 6.65. The van der Waals surface area contributed by atoms with Crippen LogP contribution in [0.25, 0.3) is 0 Å². The molecule has 0 amide bonds. The summed E-state index contributed by atoms with van der Waals surface area (Å²) in [5.74, 6) is 0. The highest BCUT2D eigenvalue weighted by atomic mass is 16.5. The molecule has 1 aliphatic heterocycles. The number of pyridine rings is 1. The van der Waals surface area contributed by atoms with Crippen LogP contribution in [-0.4, -0.2) is 24.2 Å². The second-order valence-electron chi connectivity index (χ2n) is 4.70. The molecule has 1 aromatic heterocycles. The minimum Gasteiger partial charge on any atom is -0.377 e. The third-order valence-electron chi connectivity index (χ3n) is 3.27. The van der Waals surface area contributed by atoms with Crippen LogP contribution in [-0.2, 0) is 11.3 Å². The molecule has 1 aromatic rings. The Morgan fingerprint density at radius 1 is 1.29 bits per heavy atom. The zero-order valence-electron chi connectivity index (χ0n) is 10.4. The Morgan fingerprint density at radius 3 is 2.94 bits per heavy atom. The van der Waals surface area contributed by atoms with Gasteiger partial charge in [0.1, 0.15) is 0 Å². The highest BCUT2D eigenvalue weighted by Crippen LogP contribution is 2.11. The van der Waals surface area contributed by atoms with Crippen molar-refractivity contribution in [3.05, 3.63) is 30.1 Å². The van der Waals surface area contributed by atoms with Crippen LogP contribution in [0.1, 0.15) is 37.7 Å². The first kappa shape index (κ1) is 12.5. The lowest BCUT2D eigenvalue weighted by molar-refractivity contribution is 0.114. The molecule has 0 aromatic carbocycles. The third kappa shape index (κ3) is 4.84. The maximum atomic E-state index is 5.66. The van der Waals surface area contributed by atoms with E-state index in [2.05, 4.69) is 10.3 Å². The molecule has 0 bridgehead atoms. The van der Waals surface area contributed by atoms with Gasteiger partial charge in [0, 0.05) is 25.0 Å². The summed E-state index contributed by atoms with van der Waals surface area (Å²) in [6.45, 7) is 2.77. The van der Waals surface area contributed by atoms with E-state index in [1.807, 2.05) is 24.5 Å². The minimum absolute atomic E-state index is 0.709. The second-order valence-corrected chi connectivity index (χ2v) is 4.70. The summed E-state index contributed by atoms with van der Waals surface area (Å²) >= 11 is 0. The number of nitrogens with one attached hydrogen (secondary N) is 1. The molecule has 0 unspecified atom stereocenters. The molecule has 17 heavy (non-hydrogen) atoms. The Hall–Kier alpha value is -0.930. The van der Waals surface area contributed by atoms with Crippen LogP contribution in [0.4, 0.5) is 0 Å². The Bertz CT molecular complexity index is 296. The predicted molar refractivity (Wildman–Crippen MR) is 68.8 cm³/mol. The van der Waals surface area contributed by atoms with Gasteiger partial charge >= 0.3 is 0 Å². The number of ether oxygens (including phenoxy) is 1. The van der Waals surface area contributed by atoms with Gasteiger partial charge in [-0.1, -0.05) is 6.42 Å². The molecule has 1 N–H and O–H groups in total. The fourth-order valence-electron chi connectivity index (χ4n) is 2.27. The highest BCUT2D eigenvalue weighted by Gasteiger charge is 2.11. The van der Waals surface area contributed by atoms with Gasteiger partial charge in [-0.2, -0.15) is 0 Å². The zero-order chi connectivity index (χ0) is 11.8. The van der Waals surface area contributed by atoms with Crippen LogP contribution in [0.5, 0.6) is 0 Å². The summed E-state index contributed by atoms with van der Waals surface area (Å²) in [5.41, 5.74) is 1.20. The molecular weight excluding hydrogens is 212 g/mol. The lowest BCUT2D eigenvalue weighted by atomic mass is 10.0. The largest absolute Gasteiger partial charge is 0.377 e. The van der Waals surface area contributed by atoms with Gasteiger partial charge in [-0.25, -0.2) is 0 Å². The number of piperidine rings is 1. The van der Waals surface area contributed by atoms with E-state index in [1.54, 1.807) is 0 Å². The highest BCUT2D eigenvalue weighted by molar-refractivity contribution is 5.07. The maximum Gasteiger partial charge on any atom is 0.0717 e. The molecule has 2 rings (SSSR count). The van der Waals surface area contributed by atoms with Crippen molar-refractivity contribution in [3.63, 3.8) is 0 Å². The van der Waals surface area contributed by atoms with E-state index in [0.29, 0.717) is 6.61 Å².